The van der Waals surface area contributed by atoms with Gasteiger partial charge in [0.1, 0.15) is 0 Å². The maximum Gasteiger partial charge on any atom is 0.249 e. The standard InChI is InChI=1S/C16H30OSi/c1-13-9-11-16(5,6)14(13)10-12-17-18(7,8)15(2,3)4/h10,12,14H,1,9,11H2,2-8H3/b12-10+. The second kappa shape index (κ2) is 4.88. The van der Waals surface area contributed by atoms with Gasteiger partial charge in [-0.05, 0) is 42.5 Å². The van der Waals surface area contributed by atoms with Crippen LogP contribution >= 0.6 is 0 Å². The molecular formula is C16H30OSi. The van der Waals surface area contributed by atoms with Crippen LogP contribution in [0.2, 0.25) is 18.1 Å². The van der Waals surface area contributed by atoms with E-state index < -0.39 is 8.32 Å². The van der Waals surface area contributed by atoms with Gasteiger partial charge in [0.2, 0.25) is 8.32 Å². The van der Waals surface area contributed by atoms with Crippen LogP contribution in [0.1, 0.15) is 47.5 Å². The van der Waals surface area contributed by atoms with Gasteiger partial charge < -0.3 is 4.43 Å². The molecule has 0 N–H and O–H groups in total. The van der Waals surface area contributed by atoms with E-state index in [0.29, 0.717) is 11.3 Å². The van der Waals surface area contributed by atoms with Crippen molar-refractivity contribution in [3.05, 3.63) is 24.5 Å². The first kappa shape index (κ1) is 15.6. The summed E-state index contributed by atoms with van der Waals surface area (Å²) in [6.45, 7) is 20.2. The quantitative estimate of drug-likeness (QED) is 0.371. The summed E-state index contributed by atoms with van der Waals surface area (Å²) >= 11 is 0. The Kier molecular flexibility index (Phi) is 4.22. The van der Waals surface area contributed by atoms with Crippen molar-refractivity contribution in [3.63, 3.8) is 0 Å². The lowest BCUT2D eigenvalue weighted by molar-refractivity contribution is 0.320. The molecule has 18 heavy (non-hydrogen) atoms. The molecule has 1 unspecified atom stereocenters. The average molecular weight is 267 g/mol. The molecule has 0 aromatic carbocycles. The zero-order valence-electron chi connectivity index (χ0n) is 13.3. The topological polar surface area (TPSA) is 9.23 Å². The number of hydrogen-bond acceptors (Lipinski definition) is 1. The molecule has 1 aliphatic rings. The third-order valence-electron chi connectivity index (χ3n) is 4.81. The molecule has 0 aromatic rings. The van der Waals surface area contributed by atoms with Crippen LogP contribution in [0.4, 0.5) is 0 Å². The molecule has 1 atom stereocenters. The van der Waals surface area contributed by atoms with Crippen LogP contribution in [-0.4, -0.2) is 8.32 Å². The maximum atomic E-state index is 6.11. The van der Waals surface area contributed by atoms with Crippen molar-refractivity contribution >= 4 is 8.32 Å². The van der Waals surface area contributed by atoms with Gasteiger partial charge in [-0.1, -0.05) is 46.8 Å². The summed E-state index contributed by atoms with van der Waals surface area (Å²) in [6, 6.07) is 0. The van der Waals surface area contributed by atoms with Gasteiger partial charge >= 0.3 is 0 Å². The van der Waals surface area contributed by atoms with E-state index in [2.05, 4.69) is 60.4 Å². The summed E-state index contributed by atoms with van der Waals surface area (Å²) in [7, 11) is -1.66. The molecule has 0 bridgehead atoms. The third-order valence-corrected chi connectivity index (χ3v) is 9.15. The average Bonchev–Trinajstić information content (AvgIpc) is 2.42. The molecule has 0 radical (unpaired) electrons. The van der Waals surface area contributed by atoms with Crippen molar-refractivity contribution in [2.45, 2.75) is 65.6 Å². The van der Waals surface area contributed by atoms with E-state index in [1.807, 2.05) is 6.26 Å². The Labute approximate surface area is 114 Å². The second-order valence-electron chi connectivity index (χ2n) is 7.83. The van der Waals surface area contributed by atoms with Gasteiger partial charge in [-0.2, -0.15) is 0 Å². The second-order valence-corrected chi connectivity index (χ2v) is 12.6. The van der Waals surface area contributed by atoms with E-state index in [9.17, 15) is 0 Å². The summed E-state index contributed by atoms with van der Waals surface area (Å²) in [4.78, 5) is 0. The highest BCUT2D eigenvalue weighted by Crippen LogP contribution is 2.46. The van der Waals surface area contributed by atoms with Crippen LogP contribution < -0.4 is 0 Å². The van der Waals surface area contributed by atoms with Crippen molar-refractivity contribution in [1.29, 1.82) is 0 Å². The molecule has 1 nitrogen and oxygen atoms in total. The lowest BCUT2D eigenvalue weighted by atomic mass is 9.81. The van der Waals surface area contributed by atoms with Gasteiger partial charge in [-0.15, -0.1) is 0 Å². The minimum atomic E-state index is -1.66. The summed E-state index contributed by atoms with van der Waals surface area (Å²) in [6.07, 6.45) is 6.58. The summed E-state index contributed by atoms with van der Waals surface area (Å²) in [5.74, 6) is 0.474. The van der Waals surface area contributed by atoms with Gasteiger partial charge in [0.05, 0.1) is 6.26 Å². The largest absolute Gasteiger partial charge is 0.549 e. The van der Waals surface area contributed by atoms with Gasteiger partial charge in [0, 0.05) is 5.92 Å². The lowest BCUT2D eigenvalue weighted by Gasteiger charge is -2.35. The monoisotopic (exact) mass is 266 g/mol. The Morgan fingerprint density at radius 2 is 1.89 bits per heavy atom. The van der Waals surface area contributed by atoms with Crippen LogP contribution in [-0.2, 0) is 4.43 Å². The molecule has 1 rings (SSSR count). The minimum absolute atomic E-state index is 0.263. The Morgan fingerprint density at radius 3 is 2.28 bits per heavy atom. The lowest BCUT2D eigenvalue weighted by Crippen LogP contribution is -2.39. The molecule has 1 fully saturated rings. The molecule has 0 aliphatic heterocycles. The van der Waals surface area contributed by atoms with E-state index in [-0.39, 0.29) is 5.04 Å². The van der Waals surface area contributed by atoms with E-state index in [1.165, 1.54) is 12.0 Å². The van der Waals surface area contributed by atoms with Crippen molar-refractivity contribution in [1.82, 2.24) is 0 Å². The first-order chi connectivity index (χ1) is 7.97. The molecule has 0 amide bonds. The van der Waals surface area contributed by atoms with Crippen LogP contribution in [0.5, 0.6) is 0 Å². The highest BCUT2D eigenvalue weighted by atomic mass is 28.4. The first-order valence-electron chi connectivity index (χ1n) is 6.99. The van der Waals surface area contributed by atoms with Gasteiger partial charge in [0.25, 0.3) is 0 Å². The smallest absolute Gasteiger partial charge is 0.249 e. The molecular weight excluding hydrogens is 236 g/mol. The molecule has 104 valence electrons. The van der Waals surface area contributed by atoms with E-state index >= 15 is 0 Å². The normalized spacial score (nSPS) is 24.8. The highest BCUT2D eigenvalue weighted by molar-refractivity contribution is 6.74. The van der Waals surface area contributed by atoms with Crippen LogP contribution in [0.25, 0.3) is 0 Å². The SMILES string of the molecule is C=C1CCC(C)(C)C1/C=C/O[Si](C)(C)C(C)(C)C. The zero-order chi connectivity index (χ0) is 14.2. The van der Waals surface area contributed by atoms with E-state index in [4.69, 9.17) is 4.43 Å². The predicted molar refractivity (Wildman–Crippen MR) is 83.1 cm³/mol. The van der Waals surface area contributed by atoms with Crippen molar-refractivity contribution in [2.24, 2.45) is 11.3 Å². The number of hydrogen-bond donors (Lipinski definition) is 0. The molecule has 0 aromatic heterocycles. The first-order valence-corrected chi connectivity index (χ1v) is 9.90. The molecule has 0 spiro atoms. The highest BCUT2D eigenvalue weighted by Gasteiger charge is 2.39. The van der Waals surface area contributed by atoms with Crippen molar-refractivity contribution < 1.29 is 4.43 Å². The van der Waals surface area contributed by atoms with Crippen molar-refractivity contribution in [2.75, 3.05) is 0 Å². The zero-order valence-corrected chi connectivity index (χ0v) is 14.3. The van der Waals surface area contributed by atoms with Crippen LogP contribution in [0.15, 0.2) is 24.5 Å². The van der Waals surface area contributed by atoms with Crippen molar-refractivity contribution in [3.8, 4) is 0 Å². The summed E-state index contributed by atoms with van der Waals surface area (Å²) < 4.78 is 6.11. The minimum Gasteiger partial charge on any atom is -0.549 e. The van der Waals surface area contributed by atoms with Gasteiger partial charge in [-0.3, -0.25) is 0 Å². The molecule has 0 heterocycles. The maximum absolute atomic E-state index is 6.11. The predicted octanol–water partition coefficient (Wildman–Crippen LogP) is 5.51. The van der Waals surface area contributed by atoms with Gasteiger partial charge in [-0.25, -0.2) is 0 Å². The van der Waals surface area contributed by atoms with Gasteiger partial charge in [0.15, 0.2) is 0 Å². The third kappa shape index (κ3) is 3.28. The number of rotatable bonds is 3. The Hall–Kier alpha value is -0.503. The number of allylic oxidation sites excluding steroid dienone is 2. The van der Waals surface area contributed by atoms with Crippen LogP contribution in [0.3, 0.4) is 0 Å². The Bertz CT molecular complexity index is 345. The van der Waals surface area contributed by atoms with E-state index in [1.54, 1.807) is 0 Å². The molecule has 1 saturated carbocycles. The molecule has 1 aliphatic carbocycles. The molecule has 0 saturated heterocycles. The fraction of sp³-hybridized carbons (Fsp3) is 0.750. The Morgan fingerprint density at radius 1 is 1.33 bits per heavy atom. The Balaban J connectivity index is 2.69. The fourth-order valence-corrected chi connectivity index (χ4v) is 2.98. The summed E-state index contributed by atoms with van der Waals surface area (Å²) in [5.41, 5.74) is 1.69. The van der Waals surface area contributed by atoms with E-state index in [0.717, 1.165) is 6.42 Å². The summed E-state index contributed by atoms with van der Waals surface area (Å²) in [5, 5.41) is 0.263. The van der Waals surface area contributed by atoms with Crippen LogP contribution in [0, 0.1) is 11.3 Å². The molecule has 2 heteroatoms. The fourth-order valence-electron chi connectivity index (χ4n) is 2.21.